The molecule has 0 saturated carbocycles. The second kappa shape index (κ2) is 9.46. The van der Waals surface area contributed by atoms with Crippen LogP contribution < -0.4 is 4.57 Å². The van der Waals surface area contributed by atoms with Gasteiger partial charge in [-0.3, -0.25) is 4.79 Å². The smallest absolute Gasteiger partial charge is 0.312 e. The van der Waals surface area contributed by atoms with E-state index in [1.165, 1.54) is 0 Å². The molecule has 1 aliphatic rings. The predicted molar refractivity (Wildman–Crippen MR) is 116 cm³/mol. The Morgan fingerprint density at radius 2 is 1.87 bits per heavy atom. The molecular weight excluding hydrogens is 397 g/mol. The van der Waals surface area contributed by atoms with Crippen LogP contribution >= 0.6 is 8.22 Å². The van der Waals surface area contributed by atoms with Crippen LogP contribution in [0.5, 0.6) is 0 Å². The topological polar surface area (TPSA) is 80.2 Å². The third-order valence-electron chi connectivity index (χ3n) is 4.54. The lowest BCUT2D eigenvalue weighted by Gasteiger charge is -2.05. The number of ether oxygens (including phenoxy) is 1. The molecule has 0 fully saturated rings. The number of aryl methyl sites for hydroxylation is 1. The normalized spacial score (nSPS) is 14.8. The van der Waals surface area contributed by atoms with Gasteiger partial charge >= 0.3 is 5.97 Å². The number of rotatable bonds is 6. The largest absolute Gasteiger partial charge is 0.461 e. The van der Waals surface area contributed by atoms with Crippen molar-refractivity contribution in [2.75, 3.05) is 6.66 Å². The van der Waals surface area contributed by atoms with E-state index in [0.29, 0.717) is 19.6 Å². The van der Waals surface area contributed by atoms with Gasteiger partial charge in [0.05, 0.1) is 11.9 Å². The van der Waals surface area contributed by atoms with E-state index in [9.17, 15) is 4.79 Å². The Labute approximate surface area is 176 Å². The molecule has 0 amide bonds. The maximum absolute atomic E-state index is 12.0. The lowest BCUT2D eigenvalue weighted by Crippen LogP contribution is -2.34. The summed E-state index contributed by atoms with van der Waals surface area (Å²) in [5.41, 5.74) is 4.26. The number of aromatic nitrogens is 2. The van der Waals surface area contributed by atoms with E-state index >= 15 is 0 Å². The first kappa shape index (κ1) is 20.0. The molecule has 1 aromatic carbocycles. The molecular formula is C22H21N5O2P+. The molecule has 7 nitrogen and oxygen atoms in total. The van der Waals surface area contributed by atoms with Crippen LogP contribution in [0, 0.1) is 0 Å². The molecule has 0 N–H and O–H groups in total. The van der Waals surface area contributed by atoms with Crippen molar-refractivity contribution in [3.05, 3.63) is 78.2 Å². The van der Waals surface area contributed by atoms with Gasteiger partial charge in [-0.1, -0.05) is 30.3 Å². The van der Waals surface area contributed by atoms with Crippen molar-refractivity contribution in [3.63, 3.8) is 0 Å². The Morgan fingerprint density at radius 3 is 2.67 bits per heavy atom. The Kier molecular flexibility index (Phi) is 6.30. The SMILES string of the molecule is CP1N=Cc2nc(-c3cc[n+](CCC(=O)OCc4ccccc4)cc3)ccc2N=N1. The van der Waals surface area contributed by atoms with E-state index in [1.807, 2.05) is 78.2 Å². The Balaban J connectivity index is 1.35. The number of benzene rings is 1. The van der Waals surface area contributed by atoms with Crippen LogP contribution in [0.2, 0.25) is 0 Å². The Hall–Kier alpha value is -3.31. The first-order valence-electron chi connectivity index (χ1n) is 9.57. The molecule has 4 rings (SSSR count). The lowest BCUT2D eigenvalue weighted by molar-refractivity contribution is -0.695. The molecule has 30 heavy (non-hydrogen) atoms. The molecule has 1 aliphatic heterocycles. The van der Waals surface area contributed by atoms with Crippen LogP contribution in [0.15, 0.2) is 81.8 Å². The summed E-state index contributed by atoms with van der Waals surface area (Å²) in [5, 5.41) is 4.21. The summed E-state index contributed by atoms with van der Waals surface area (Å²) in [4.78, 5) is 20.8. The van der Waals surface area contributed by atoms with Gasteiger partial charge in [-0.15, -0.1) is 10.00 Å². The summed E-state index contributed by atoms with van der Waals surface area (Å²) in [7, 11) is -0.812. The van der Waals surface area contributed by atoms with E-state index in [-0.39, 0.29) is 5.97 Å². The van der Waals surface area contributed by atoms with Crippen molar-refractivity contribution in [1.29, 1.82) is 0 Å². The van der Waals surface area contributed by atoms with E-state index in [0.717, 1.165) is 28.2 Å². The Bertz CT molecular complexity index is 1080. The minimum absolute atomic E-state index is 0.216. The highest BCUT2D eigenvalue weighted by Crippen LogP contribution is 2.38. The minimum atomic E-state index is -0.812. The second-order valence-electron chi connectivity index (χ2n) is 6.75. The monoisotopic (exact) mass is 418 g/mol. The maximum Gasteiger partial charge on any atom is 0.312 e. The molecule has 3 aromatic rings. The average molecular weight is 418 g/mol. The number of carbonyl (C=O) groups excluding carboxylic acids is 1. The number of esters is 1. The van der Waals surface area contributed by atoms with Gasteiger partial charge in [0.25, 0.3) is 0 Å². The zero-order valence-corrected chi connectivity index (χ0v) is 17.4. The average Bonchev–Trinajstić information content (AvgIpc) is 2.98. The summed E-state index contributed by atoms with van der Waals surface area (Å²) < 4.78 is 11.6. The van der Waals surface area contributed by atoms with Gasteiger partial charge in [0.2, 0.25) is 0 Å². The summed E-state index contributed by atoms with van der Waals surface area (Å²) in [6.45, 7) is 2.80. The zero-order valence-electron chi connectivity index (χ0n) is 16.5. The van der Waals surface area contributed by atoms with Crippen LogP contribution in [-0.4, -0.2) is 23.8 Å². The molecule has 0 aliphatic carbocycles. The molecule has 0 saturated heterocycles. The summed E-state index contributed by atoms with van der Waals surface area (Å²) in [5.74, 6) is -0.216. The van der Waals surface area contributed by atoms with Crippen molar-refractivity contribution < 1.29 is 14.1 Å². The fourth-order valence-corrected chi connectivity index (χ4v) is 3.44. The molecule has 0 bridgehead atoms. The standard InChI is InChI=1S/C22H21N5O2P/c1-30-23-15-21-20(25-26-30)8-7-19(24-21)18-9-12-27(13-10-18)14-11-22(28)29-16-17-5-3-2-4-6-17/h2-10,12-13,15H,11,14,16H2,1H3/q+1. The predicted octanol–water partition coefficient (Wildman–Crippen LogP) is 4.63. The fourth-order valence-electron chi connectivity index (χ4n) is 2.89. The van der Waals surface area contributed by atoms with Gasteiger partial charge in [0.15, 0.2) is 27.2 Å². The lowest BCUT2D eigenvalue weighted by atomic mass is 10.1. The molecule has 1 unspecified atom stereocenters. The molecule has 0 radical (unpaired) electrons. The molecule has 8 heteroatoms. The molecule has 150 valence electrons. The number of nitrogens with zero attached hydrogens (tertiary/aromatic N) is 5. The number of hydrogen-bond acceptors (Lipinski definition) is 6. The Morgan fingerprint density at radius 1 is 1.07 bits per heavy atom. The van der Waals surface area contributed by atoms with Gasteiger partial charge in [0.1, 0.15) is 24.4 Å². The van der Waals surface area contributed by atoms with E-state index in [2.05, 4.69) is 19.7 Å². The van der Waals surface area contributed by atoms with Gasteiger partial charge in [-0.2, -0.15) is 0 Å². The van der Waals surface area contributed by atoms with Crippen molar-refractivity contribution >= 4 is 26.1 Å². The molecule has 2 aromatic heterocycles. The van der Waals surface area contributed by atoms with Crippen molar-refractivity contribution in [3.8, 4) is 11.3 Å². The fraction of sp³-hybridized carbons (Fsp3) is 0.182. The number of hydrogen-bond donors (Lipinski definition) is 0. The summed E-state index contributed by atoms with van der Waals surface area (Å²) >= 11 is 0. The molecule has 1 atom stereocenters. The van der Waals surface area contributed by atoms with Crippen molar-refractivity contribution in [1.82, 2.24) is 4.98 Å². The third kappa shape index (κ3) is 5.19. The van der Waals surface area contributed by atoms with Crippen LogP contribution in [0.1, 0.15) is 17.7 Å². The highest BCUT2D eigenvalue weighted by molar-refractivity contribution is 7.53. The van der Waals surface area contributed by atoms with E-state index in [1.54, 1.807) is 6.21 Å². The zero-order chi connectivity index (χ0) is 20.8. The quantitative estimate of drug-likeness (QED) is 0.333. The van der Waals surface area contributed by atoms with Crippen molar-refractivity contribution in [2.45, 2.75) is 19.6 Å². The van der Waals surface area contributed by atoms with Crippen molar-refractivity contribution in [2.24, 2.45) is 14.8 Å². The first-order valence-corrected chi connectivity index (χ1v) is 11.3. The first-order chi connectivity index (χ1) is 14.7. The summed E-state index contributed by atoms with van der Waals surface area (Å²) in [6.07, 6.45) is 5.93. The molecule has 3 heterocycles. The summed E-state index contributed by atoms with van der Waals surface area (Å²) in [6, 6.07) is 17.5. The van der Waals surface area contributed by atoms with Gasteiger partial charge < -0.3 is 4.74 Å². The van der Waals surface area contributed by atoms with Crippen LogP contribution in [-0.2, 0) is 22.7 Å². The highest BCUT2D eigenvalue weighted by Gasteiger charge is 2.12. The van der Waals surface area contributed by atoms with Gasteiger partial charge in [0, 0.05) is 17.7 Å². The number of pyridine rings is 2. The van der Waals surface area contributed by atoms with E-state index in [4.69, 9.17) is 4.74 Å². The van der Waals surface area contributed by atoms with Gasteiger partial charge in [-0.25, -0.2) is 14.3 Å². The molecule has 0 spiro atoms. The van der Waals surface area contributed by atoms with Crippen LogP contribution in [0.25, 0.3) is 11.3 Å². The van der Waals surface area contributed by atoms with Crippen LogP contribution in [0.3, 0.4) is 0 Å². The van der Waals surface area contributed by atoms with Gasteiger partial charge in [-0.05, 0) is 24.4 Å². The third-order valence-corrected chi connectivity index (χ3v) is 5.33. The number of carbonyl (C=O) groups is 1. The van der Waals surface area contributed by atoms with Crippen LogP contribution in [0.4, 0.5) is 5.69 Å². The minimum Gasteiger partial charge on any atom is -0.461 e. The highest BCUT2D eigenvalue weighted by atomic mass is 31.1. The maximum atomic E-state index is 12.0. The number of fused-ring (bicyclic) bond motifs is 1. The van der Waals surface area contributed by atoms with E-state index < -0.39 is 8.22 Å². The second-order valence-corrected chi connectivity index (χ2v) is 8.13.